The molecule has 1 aromatic heterocycles. The maximum absolute atomic E-state index is 10.5. The normalized spacial score (nSPS) is 13.1. The molecule has 0 unspecified atom stereocenters. The zero-order valence-corrected chi connectivity index (χ0v) is 8.21. The summed E-state index contributed by atoms with van der Waals surface area (Å²) in [5.74, 6) is -0.418. The second kappa shape index (κ2) is 4.19. The summed E-state index contributed by atoms with van der Waals surface area (Å²) in [6, 6.07) is -0.759. The van der Waals surface area contributed by atoms with Gasteiger partial charge in [0.05, 0.1) is 0 Å². The van der Waals surface area contributed by atoms with E-state index in [-0.39, 0.29) is 12.5 Å². The minimum atomic E-state index is -1.02. The maximum Gasteiger partial charge on any atom is 0.320 e. The molecule has 3 N–H and O–H groups in total. The highest BCUT2D eigenvalue weighted by atomic mass is 16.4. The molecular formula is C8H14N4O2. The largest absolute Gasteiger partial charge is 0.480 e. The highest BCUT2D eigenvalue weighted by Crippen LogP contribution is 2.06. The fourth-order valence-corrected chi connectivity index (χ4v) is 1.14. The van der Waals surface area contributed by atoms with Gasteiger partial charge in [-0.05, 0) is 13.8 Å². The number of aliphatic carboxylic acids is 1. The third kappa shape index (κ3) is 2.29. The summed E-state index contributed by atoms with van der Waals surface area (Å²) >= 11 is 0. The van der Waals surface area contributed by atoms with Gasteiger partial charge in [0, 0.05) is 12.5 Å². The molecule has 0 bridgehead atoms. The quantitative estimate of drug-likeness (QED) is 0.699. The van der Waals surface area contributed by atoms with Gasteiger partial charge in [-0.1, -0.05) is 0 Å². The van der Waals surface area contributed by atoms with Crippen molar-refractivity contribution in [3.05, 3.63) is 12.2 Å². The van der Waals surface area contributed by atoms with Gasteiger partial charge in [-0.3, -0.25) is 4.79 Å². The summed E-state index contributed by atoms with van der Waals surface area (Å²) in [6.07, 6.45) is 1.61. The van der Waals surface area contributed by atoms with E-state index in [4.69, 9.17) is 10.8 Å². The number of hydrogen-bond donors (Lipinski definition) is 2. The Morgan fingerprint density at radius 3 is 2.86 bits per heavy atom. The Balaban J connectivity index is 2.76. The predicted molar refractivity (Wildman–Crippen MR) is 49.7 cm³/mol. The van der Waals surface area contributed by atoms with E-state index in [1.54, 1.807) is 4.68 Å². The van der Waals surface area contributed by atoms with Crippen molar-refractivity contribution in [3.8, 4) is 0 Å². The third-order valence-electron chi connectivity index (χ3n) is 1.86. The molecule has 14 heavy (non-hydrogen) atoms. The number of rotatable bonds is 4. The van der Waals surface area contributed by atoms with E-state index >= 15 is 0 Å². The fourth-order valence-electron chi connectivity index (χ4n) is 1.14. The number of carboxylic acids is 1. The van der Waals surface area contributed by atoms with Gasteiger partial charge in [-0.2, -0.15) is 5.10 Å². The lowest BCUT2D eigenvalue weighted by atomic mass is 10.2. The molecule has 1 heterocycles. The van der Waals surface area contributed by atoms with Crippen LogP contribution in [0, 0.1) is 0 Å². The topological polar surface area (TPSA) is 94.0 Å². The summed E-state index contributed by atoms with van der Waals surface area (Å²) in [5.41, 5.74) is 5.40. The fraction of sp³-hybridized carbons (Fsp3) is 0.625. The molecule has 1 rings (SSSR count). The van der Waals surface area contributed by atoms with Crippen molar-refractivity contribution in [1.29, 1.82) is 0 Å². The third-order valence-corrected chi connectivity index (χ3v) is 1.86. The molecule has 0 fully saturated rings. The lowest BCUT2D eigenvalue weighted by Gasteiger charge is -2.10. The lowest BCUT2D eigenvalue weighted by Crippen LogP contribution is -2.33. The summed E-state index contributed by atoms with van der Waals surface area (Å²) in [7, 11) is 0. The van der Waals surface area contributed by atoms with Crippen LogP contribution in [0.15, 0.2) is 6.33 Å². The summed E-state index contributed by atoms with van der Waals surface area (Å²) in [5, 5.41) is 12.6. The zero-order chi connectivity index (χ0) is 10.7. The Labute approximate surface area is 81.7 Å². The highest BCUT2D eigenvalue weighted by Gasteiger charge is 2.16. The van der Waals surface area contributed by atoms with Crippen molar-refractivity contribution in [2.45, 2.75) is 32.4 Å². The number of hydrogen-bond acceptors (Lipinski definition) is 4. The van der Waals surface area contributed by atoms with Gasteiger partial charge in [0.15, 0.2) is 0 Å². The van der Waals surface area contributed by atoms with E-state index in [2.05, 4.69) is 10.1 Å². The molecule has 0 saturated carbocycles. The van der Waals surface area contributed by atoms with Crippen LogP contribution in [0.25, 0.3) is 0 Å². The van der Waals surface area contributed by atoms with E-state index in [1.807, 2.05) is 13.8 Å². The Kier molecular flexibility index (Phi) is 3.19. The summed E-state index contributed by atoms with van der Waals surface area (Å²) < 4.78 is 1.67. The van der Waals surface area contributed by atoms with Crippen molar-refractivity contribution in [2.24, 2.45) is 5.73 Å². The average Bonchev–Trinajstić information content (AvgIpc) is 2.52. The van der Waals surface area contributed by atoms with Crippen molar-refractivity contribution in [2.75, 3.05) is 0 Å². The van der Waals surface area contributed by atoms with Crippen LogP contribution in [0.5, 0.6) is 0 Å². The van der Waals surface area contributed by atoms with Gasteiger partial charge in [0.2, 0.25) is 0 Å². The van der Waals surface area contributed by atoms with Gasteiger partial charge in [-0.15, -0.1) is 0 Å². The van der Waals surface area contributed by atoms with Crippen molar-refractivity contribution in [1.82, 2.24) is 14.8 Å². The smallest absolute Gasteiger partial charge is 0.320 e. The lowest BCUT2D eigenvalue weighted by molar-refractivity contribution is -0.138. The Bertz CT molecular complexity index is 321. The van der Waals surface area contributed by atoms with Gasteiger partial charge >= 0.3 is 5.97 Å². The Hall–Kier alpha value is -1.43. The van der Waals surface area contributed by atoms with Gasteiger partial charge in [0.1, 0.15) is 18.2 Å². The van der Waals surface area contributed by atoms with E-state index in [9.17, 15) is 4.79 Å². The van der Waals surface area contributed by atoms with Crippen LogP contribution < -0.4 is 5.73 Å². The monoisotopic (exact) mass is 198 g/mol. The number of aromatic nitrogens is 3. The first-order valence-corrected chi connectivity index (χ1v) is 4.39. The molecule has 6 nitrogen and oxygen atoms in total. The van der Waals surface area contributed by atoms with Crippen LogP contribution in [-0.4, -0.2) is 31.9 Å². The first kappa shape index (κ1) is 10.6. The first-order chi connectivity index (χ1) is 6.52. The second-order valence-electron chi connectivity index (χ2n) is 3.36. The van der Waals surface area contributed by atoms with E-state index in [0.717, 1.165) is 0 Å². The standard InChI is InChI=1S/C8H14N4O2/c1-5(2)12-7(10-4-11-12)3-6(9)8(13)14/h4-6H,3,9H2,1-2H3,(H,13,14)/t6-/m1/s1. The molecular weight excluding hydrogens is 184 g/mol. The maximum atomic E-state index is 10.5. The SMILES string of the molecule is CC(C)n1ncnc1C[C@@H](N)C(=O)O. The van der Waals surface area contributed by atoms with Crippen molar-refractivity contribution < 1.29 is 9.90 Å². The number of nitrogens with zero attached hydrogens (tertiary/aromatic N) is 3. The van der Waals surface area contributed by atoms with Gasteiger partial charge < -0.3 is 10.8 Å². The number of nitrogens with two attached hydrogens (primary N) is 1. The Morgan fingerprint density at radius 1 is 1.71 bits per heavy atom. The predicted octanol–water partition coefficient (Wildman–Crippen LogP) is -0.187. The average molecular weight is 198 g/mol. The molecule has 0 amide bonds. The summed E-state index contributed by atoms with van der Waals surface area (Å²) in [6.45, 7) is 3.90. The van der Waals surface area contributed by atoms with Gasteiger partial charge in [0.25, 0.3) is 0 Å². The molecule has 0 spiro atoms. The summed E-state index contributed by atoms with van der Waals surface area (Å²) in [4.78, 5) is 14.5. The highest BCUT2D eigenvalue weighted by molar-refractivity contribution is 5.73. The van der Waals surface area contributed by atoms with Crippen molar-refractivity contribution in [3.63, 3.8) is 0 Å². The van der Waals surface area contributed by atoms with Crippen LogP contribution in [0.4, 0.5) is 0 Å². The van der Waals surface area contributed by atoms with Crippen LogP contribution >= 0.6 is 0 Å². The van der Waals surface area contributed by atoms with Crippen molar-refractivity contribution >= 4 is 5.97 Å². The molecule has 0 aromatic carbocycles. The van der Waals surface area contributed by atoms with Crippen LogP contribution in [0.1, 0.15) is 25.7 Å². The van der Waals surface area contributed by atoms with Gasteiger partial charge in [-0.25, -0.2) is 9.67 Å². The molecule has 1 atom stereocenters. The second-order valence-corrected chi connectivity index (χ2v) is 3.36. The molecule has 0 aliphatic carbocycles. The molecule has 78 valence electrons. The molecule has 0 aliphatic heterocycles. The van der Waals surface area contributed by atoms with Crippen LogP contribution in [0.2, 0.25) is 0 Å². The molecule has 6 heteroatoms. The van der Waals surface area contributed by atoms with Crippen LogP contribution in [0.3, 0.4) is 0 Å². The molecule has 1 aromatic rings. The zero-order valence-electron chi connectivity index (χ0n) is 8.21. The molecule has 0 saturated heterocycles. The Morgan fingerprint density at radius 2 is 2.36 bits per heavy atom. The number of carboxylic acid groups (broad SMARTS) is 1. The first-order valence-electron chi connectivity index (χ1n) is 4.39. The van der Waals surface area contributed by atoms with E-state index in [1.165, 1.54) is 6.33 Å². The number of carbonyl (C=O) groups is 1. The molecule has 0 radical (unpaired) electrons. The minimum Gasteiger partial charge on any atom is -0.480 e. The van der Waals surface area contributed by atoms with E-state index in [0.29, 0.717) is 5.82 Å². The van der Waals surface area contributed by atoms with E-state index < -0.39 is 12.0 Å². The minimum absolute atomic E-state index is 0.161. The molecule has 0 aliphatic rings. The van der Waals surface area contributed by atoms with Crippen LogP contribution in [-0.2, 0) is 11.2 Å².